The fourth-order valence-electron chi connectivity index (χ4n) is 2.60. The van der Waals surface area contributed by atoms with Crippen LogP contribution >= 0.6 is 0 Å². The molecule has 0 radical (unpaired) electrons. The third-order valence-corrected chi connectivity index (χ3v) is 3.98. The highest BCUT2D eigenvalue weighted by Crippen LogP contribution is 2.14. The minimum atomic E-state index is 0.0667. The highest BCUT2D eigenvalue weighted by atomic mass is 16.5. The molecule has 1 saturated heterocycles. The number of nitrogens with one attached hydrogen (secondary N) is 1. The zero-order valence-electron chi connectivity index (χ0n) is 17.4. The maximum Gasteiger partial charge on any atom is 0.105 e. The number of nitrogens with zero attached hydrogens (tertiary/aromatic N) is 2. The summed E-state index contributed by atoms with van der Waals surface area (Å²) in [5, 5.41) is 3.45. The van der Waals surface area contributed by atoms with Gasteiger partial charge in [-0.05, 0) is 51.4 Å². The molecule has 1 aliphatic heterocycles. The van der Waals surface area contributed by atoms with Crippen LogP contribution in [0.5, 0.6) is 0 Å². The Balaban J connectivity index is 0.00000134. The number of hydrogen-bond donors (Lipinski definition) is 1. The first-order valence-corrected chi connectivity index (χ1v) is 9.83. The van der Waals surface area contributed by atoms with Crippen LogP contribution in [0.2, 0.25) is 0 Å². The zero-order chi connectivity index (χ0) is 19.1. The summed E-state index contributed by atoms with van der Waals surface area (Å²) in [6.45, 7) is 15.2. The first-order valence-electron chi connectivity index (χ1n) is 9.83. The van der Waals surface area contributed by atoms with Gasteiger partial charge in [0.25, 0.3) is 0 Å². The van der Waals surface area contributed by atoms with Crippen molar-refractivity contribution in [1.82, 2.24) is 15.2 Å². The molecule has 1 unspecified atom stereocenters. The van der Waals surface area contributed by atoms with Crippen LogP contribution in [-0.4, -0.2) is 48.9 Å². The van der Waals surface area contributed by atoms with Gasteiger partial charge in [0.05, 0.1) is 11.8 Å². The van der Waals surface area contributed by atoms with Crippen LogP contribution in [0.25, 0.3) is 5.57 Å². The van der Waals surface area contributed by atoms with Crippen LogP contribution in [-0.2, 0) is 4.74 Å². The number of piperidine rings is 1. The van der Waals surface area contributed by atoms with Crippen LogP contribution in [0.3, 0.4) is 0 Å². The standard InChI is InChI=1S/C17H27N3O.2C2H6/c1-4-15(17-7-5-6-10-18-17)13-19-14(2)21-16-8-11-20(3)12-9-16;2*1-2/h4-7,10,14,16,19H,8-9,11-13H2,1-3H3;2*1-2H3/b15-4+;;. The second-order valence-corrected chi connectivity index (χ2v) is 5.69. The van der Waals surface area contributed by atoms with E-state index in [2.05, 4.69) is 35.2 Å². The van der Waals surface area contributed by atoms with E-state index >= 15 is 0 Å². The van der Waals surface area contributed by atoms with Crippen molar-refractivity contribution in [1.29, 1.82) is 0 Å². The molecular weight excluding hydrogens is 310 g/mol. The average molecular weight is 350 g/mol. The summed E-state index contributed by atoms with van der Waals surface area (Å²) in [5.74, 6) is 0. The summed E-state index contributed by atoms with van der Waals surface area (Å²) in [5.41, 5.74) is 2.23. The Labute approximate surface area is 155 Å². The lowest BCUT2D eigenvalue weighted by molar-refractivity contribution is -0.0437. The summed E-state index contributed by atoms with van der Waals surface area (Å²) in [7, 11) is 2.17. The molecule has 0 spiro atoms. The molecule has 0 aromatic carbocycles. The normalized spacial score (nSPS) is 17.0. The van der Waals surface area contributed by atoms with E-state index in [1.165, 1.54) is 5.57 Å². The average Bonchev–Trinajstić information content (AvgIpc) is 2.68. The molecule has 0 amide bonds. The van der Waals surface area contributed by atoms with Gasteiger partial charge in [0, 0.05) is 25.8 Å². The van der Waals surface area contributed by atoms with Crippen LogP contribution in [0.1, 0.15) is 60.1 Å². The SMILES string of the molecule is C/C=C(\CNC(C)OC1CCN(C)CC1)c1ccccn1.CC.CC. The second-order valence-electron chi connectivity index (χ2n) is 5.69. The predicted octanol–water partition coefficient (Wildman–Crippen LogP) is 4.58. The number of likely N-dealkylation sites (tertiary alicyclic amines) is 1. The molecule has 2 rings (SSSR count). The van der Waals surface area contributed by atoms with E-state index in [0.29, 0.717) is 6.10 Å². The fourth-order valence-corrected chi connectivity index (χ4v) is 2.60. The van der Waals surface area contributed by atoms with Gasteiger partial charge in [0.15, 0.2) is 0 Å². The van der Waals surface area contributed by atoms with Crippen molar-refractivity contribution in [3.8, 4) is 0 Å². The Morgan fingerprint density at radius 3 is 2.44 bits per heavy atom. The van der Waals surface area contributed by atoms with E-state index in [1.54, 1.807) is 0 Å². The molecule has 1 fully saturated rings. The fraction of sp³-hybridized carbons (Fsp3) is 0.667. The lowest BCUT2D eigenvalue weighted by atomic mass is 10.1. The van der Waals surface area contributed by atoms with E-state index in [1.807, 2.05) is 59.0 Å². The minimum Gasteiger partial charge on any atom is -0.360 e. The molecule has 2 heterocycles. The van der Waals surface area contributed by atoms with Crippen LogP contribution in [0, 0.1) is 0 Å². The van der Waals surface area contributed by atoms with Gasteiger partial charge in [-0.2, -0.15) is 0 Å². The Hall–Kier alpha value is -1.23. The van der Waals surface area contributed by atoms with Gasteiger partial charge in [0.2, 0.25) is 0 Å². The van der Waals surface area contributed by atoms with E-state index in [9.17, 15) is 0 Å². The third kappa shape index (κ3) is 9.73. The molecule has 144 valence electrons. The quantitative estimate of drug-likeness (QED) is 0.763. The van der Waals surface area contributed by atoms with Gasteiger partial charge < -0.3 is 9.64 Å². The number of pyridine rings is 1. The smallest absolute Gasteiger partial charge is 0.105 e. The molecule has 4 nitrogen and oxygen atoms in total. The highest BCUT2D eigenvalue weighted by molar-refractivity contribution is 5.63. The largest absolute Gasteiger partial charge is 0.360 e. The molecule has 25 heavy (non-hydrogen) atoms. The monoisotopic (exact) mass is 349 g/mol. The first kappa shape index (κ1) is 23.8. The van der Waals surface area contributed by atoms with Crippen molar-refractivity contribution in [3.63, 3.8) is 0 Å². The second kappa shape index (κ2) is 15.1. The molecular formula is C21H39N3O. The van der Waals surface area contributed by atoms with Crippen molar-refractivity contribution >= 4 is 5.57 Å². The van der Waals surface area contributed by atoms with Crippen molar-refractivity contribution < 1.29 is 4.74 Å². The van der Waals surface area contributed by atoms with Gasteiger partial charge in [-0.3, -0.25) is 10.3 Å². The van der Waals surface area contributed by atoms with E-state index in [-0.39, 0.29) is 6.23 Å². The molecule has 0 bridgehead atoms. The molecule has 0 aliphatic carbocycles. The third-order valence-electron chi connectivity index (χ3n) is 3.98. The summed E-state index contributed by atoms with van der Waals surface area (Å²) >= 11 is 0. The molecule has 0 saturated carbocycles. The molecule has 1 N–H and O–H groups in total. The van der Waals surface area contributed by atoms with Gasteiger partial charge in [-0.1, -0.05) is 39.8 Å². The maximum absolute atomic E-state index is 6.08. The van der Waals surface area contributed by atoms with Gasteiger partial charge in [-0.15, -0.1) is 0 Å². The van der Waals surface area contributed by atoms with E-state index in [0.717, 1.165) is 38.2 Å². The molecule has 1 aromatic heterocycles. The van der Waals surface area contributed by atoms with E-state index in [4.69, 9.17) is 4.74 Å². The van der Waals surface area contributed by atoms with Gasteiger partial charge in [0.1, 0.15) is 6.23 Å². The zero-order valence-corrected chi connectivity index (χ0v) is 17.4. The Morgan fingerprint density at radius 1 is 1.28 bits per heavy atom. The topological polar surface area (TPSA) is 37.4 Å². The maximum atomic E-state index is 6.08. The Morgan fingerprint density at radius 2 is 1.92 bits per heavy atom. The van der Waals surface area contributed by atoms with E-state index < -0.39 is 0 Å². The van der Waals surface area contributed by atoms with Crippen LogP contribution < -0.4 is 5.32 Å². The molecule has 4 heteroatoms. The van der Waals surface area contributed by atoms with Crippen molar-refractivity contribution in [2.45, 2.75) is 66.7 Å². The number of allylic oxidation sites excluding steroid dienone is 1. The summed E-state index contributed by atoms with van der Waals surface area (Å²) in [6, 6.07) is 6.00. The summed E-state index contributed by atoms with van der Waals surface area (Å²) < 4.78 is 6.08. The van der Waals surface area contributed by atoms with Crippen molar-refractivity contribution in [2.75, 3.05) is 26.7 Å². The minimum absolute atomic E-state index is 0.0667. The Bertz CT molecular complexity index is 440. The number of hydrogen-bond acceptors (Lipinski definition) is 4. The van der Waals surface area contributed by atoms with Crippen molar-refractivity contribution in [3.05, 3.63) is 36.2 Å². The van der Waals surface area contributed by atoms with Gasteiger partial charge >= 0.3 is 0 Å². The summed E-state index contributed by atoms with van der Waals surface area (Å²) in [6.07, 6.45) is 6.64. The predicted molar refractivity (Wildman–Crippen MR) is 110 cm³/mol. The summed E-state index contributed by atoms with van der Waals surface area (Å²) in [4.78, 5) is 6.76. The molecule has 1 aromatic rings. The Kier molecular flexibility index (Phi) is 14.3. The van der Waals surface area contributed by atoms with Crippen molar-refractivity contribution in [2.24, 2.45) is 0 Å². The van der Waals surface area contributed by atoms with Crippen LogP contribution in [0.15, 0.2) is 30.5 Å². The molecule has 1 atom stereocenters. The molecule has 1 aliphatic rings. The number of ether oxygens (including phenoxy) is 1. The van der Waals surface area contributed by atoms with Crippen LogP contribution in [0.4, 0.5) is 0 Å². The highest BCUT2D eigenvalue weighted by Gasteiger charge is 2.19. The number of aromatic nitrogens is 1. The first-order chi connectivity index (χ1) is 12.2. The van der Waals surface area contributed by atoms with Gasteiger partial charge in [-0.25, -0.2) is 0 Å². The lowest BCUT2D eigenvalue weighted by Crippen LogP contribution is -2.39. The number of rotatable bonds is 6. The lowest BCUT2D eigenvalue weighted by Gasteiger charge is -2.31.